The topological polar surface area (TPSA) is 172 Å². The van der Waals surface area contributed by atoms with Gasteiger partial charge >= 0.3 is 0 Å². The van der Waals surface area contributed by atoms with Crippen LogP contribution in [-0.2, 0) is 4.79 Å². The van der Waals surface area contributed by atoms with E-state index in [2.05, 4.69) is 20.3 Å². The molecule has 0 radical (unpaired) electrons. The number of ether oxygens (including phenoxy) is 1. The van der Waals surface area contributed by atoms with Crippen LogP contribution in [0.4, 0.5) is 0 Å². The molecule has 0 saturated heterocycles. The summed E-state index contributed by atoms with van der Waals surface area (Å²) in [5, 5.41) is 2.52. The maximum Gasteiger partial charge on any atom is 0.270 e. The third-order valence-corrected chi connectivity index (χ3v) is 2.76. The molecule has 10 heteroatoms. The van der Waals surface area contributed by atoms with Crippen LogP contribution in [0.5, 0.6) is 5.88 Å². The SMILES string of the molecule is CCOc1cc(C(=O)NC(CCCN=C(N)N)C(N)=O)ncn1. The van der Waals surface area contributed by atoms with Gasteiger partial charge in [-0.05, 0) is 19.8 Å². The van der Waals surface area contributed by atoms with Gasteiger partial charge in [-0.15, -0.1) is 0 Å². The van der Waals surface area contributed by atoms with Crippen LogP contribution in [0.3, 0.4) is 0 Å². The van der Waals surface area contributed by atoms with Gasteiger partial charge in [0.1, 0.15) is 18.1 Å². The second kappa shape index (κ2) is 9.18. The molecule has 0 saturated carbocycles. The highest BCUT2D eigenvalue weighted by Gasteiger charge is 2.19. The van der Waals surface area contributed by atoms with E-state index in [4.69, 9.17) is 21.9 Å². The van der Waals surface area contributed by atoms with Crippen LogP contribution >= 0.6 is 0 Å². The van der Waals surface area contributed by atoms with Gasteiger partial charge in [-0.3, -0.25) is 14.6 Å². The second-order valence-corrected chi connectivity index (χ2v) is 4.55. The van der Waals surface area contributed by atoms with Gasteiger partial charge in [-0.2, -0.15) is 0 Å². The zero-order chi connectivity index (χ0) is 17.2. The minimum absolute atomic E-state index is 0.0332. The first kappa shape index (κ1) is 18.1. The fourth-order valence-electron chi connectivity index (χ4n) is 1.71. The number of nitrogens with two attached hydrogens (primary N) is 3. The third-order valence-electron chi connectivity index (χ3n) is 2.76. The molecule has 0 aliphatic carbocycles. The molecule has 0 aromatic carbocycles. The number of hydrogen-bond acceptors (Lipinski definition) is 6. The Labute approximate surface area is 133 Å². The lowest BCUT2D eigenvalue weighted by molar-refractivity contribution is -0.120. The Balaban J connectivity index is 2.65. The van der Waals surface area contributed by atoms with Crippen molar-refractivity contribution in [3.05, 3.63) is 18.1 Å². The Hall–Kier alpha value is -2.91. The first-order valence-electron chi connectivity index (χ1n) is 7.04. The zero-order valence-electron chi connectivity index (χ0n) is 12.9. The summed E-state index contributed by atoms with van der Waals surface area (Å²) in [5.41, 5.74) is 15.8. The van der Waals surface area contributed by atoms with Crippen LogP contribution in [0.25, 0.3) is 0 Å². The van der Waals surface area contributed by atoms with E-state index < -0.39 is 17.9 Å². The summed E-state index contributed by atoms with van der Waals surface area (Å²) in [6.07, 6.45) is 2.00. The van der Waals surface area contributed by atoms with E-state index >= 15 is 0 Å². The molecule has 0 aliphatic heterocycles. The average Bonchev–Trinajstić information content (AvgIpc) is 2.50. The molecular weight excluding hydrogens is 302 g/mol. The number of rotatable bonds is 9. The van der Waals surface area contributed by atoms with Gasteiger partial charge in [0.25, 0.3) is 5.91 Å². The molecule has 2 amide bonds. The molecule has 1 heterocycles. The van der Waals surface area contributed by atoms with Crippen molar-refractivity contribution >= 4 is 17.8 Å². The summed E-state index contributed by atoms with van der Waals surface area (Å²) >= 11 is 0. The molecule has 7 N–H and O–H groups in total. The average molecular weight is 323 g/mol. The largest absolute Gasteiger partial charge is 0.478 e. The number of nitrogens with zero attached hydrogens (tertiary/aromatic N) is 3. The number of guanidine groups is 1. The Kier molecular flexibility index (Phi) is 7.24. The molecule has 126 valence electrons. The molecule has 1 aromatic heterocycles. The van der Waals surface area contributed by atoms with E-state index in [0.29, 0.717) is 26.0 Å². The van der Waals surface area contributed by atoms with Gasteiger partial charge in [0.2, 0.25) is 11.8 Å². The van der Waals surface area contributed by atoms with Gasteiger partial charge in [0.15, 0.2) is 5.96 Å². The predicted molar refractivity (Wildman–Crippen MR) is 83.6 cm³/mol. The van der Waals surface area contributed by atoms with Crippen molar-refractivity contribution in [1.82, 2.24) is 15.3 Å². The molecule has 1 atom stereocenters. The Morgan fingerprint density at radius 3 is 2.70 bits per heavy atom. The van der Waals surface area contributed by atoms with E-state index in [9.17, 15) is 9.59 Å². The van der Waals surface area contributed by atoms with Crippen molar-refractivity contribution in [1.29, 1.82) is 0 Å². The number of amides is 2. The summed E-state index contributed by atoms with van der Waals surface area (Å²) in [5.74, 6) is -0.953. The van der Waals surface area contributed by atoms with E-state index in [1.54, 1.807) is 6.92 Å². The van der Waals surface area contributed by atoms with Crippen molar-refractivity contribution in [3.8, 4) is 5.88 Å². The quantitative estimate of drug-likeness (QED) is 0.243. The fraction of sp³-hybridized carbons (Fsp3) is 0.462. The first-order chi connectivity index (χ1) is 10.9. The van der Waals surface area contributed by atoms with Crippen LogP contribution in [0, 0.1) is 0 Å². The summed E-state index contributed by atoms with van der Waals surface area (Å²) in [7, 11) is 0. The van der Waals surface area contributed by atoms with Crippen molar-refractivity contribution in [2.24, 2.45) is 22.2 Å². The molecule has 0 fully saturated rings. The first-order valence-corrected chi connectivity index (χ1v) is 7.04. The summed E-state index contributed by atoms with van der Waals surface area (Å²) in [6, 6.07) is 0.540. The van der Waals surface area contributed by atoms with Crippen molar-refractivity contribution < 1.29 is 14.3 Å². The van der Waals surface area contributed by atoms with E-state index in [0.717, 1.165) is 0 Å². The number of aliphatic imine (C=N–C) groups is 1. The molecule has 0 spiro atoms. The van der Waals surface area contributed by atoms with E-state index in [1.807, 2.05) is 0 Å². The second-order valence-electron chi connectivity index (χ2n) is 4.55. The normalized spacial score (nSPS) is 11.3. The monoisotopic (exact) mass is 323 g/mol. The maximum atomic E-state index is 12.1. The van der Waals surface area contributed by atoms with Crippen LogP contribution in [0.2, 0.25) is 0 Å². The lowest BCUT2D eigenvalue weighted by Gasteiger charge is -2.14. The zero-order valence-corrected chi connectivity index (χ0v) is 12.9. The van der Waals surface area contributed by atoms with Crippen molar-refractivity contribution in [3.63, 3.8) is 0 Å². The predicted octanol–water partition coefficient (Wildman–Crippen LogP) is -1.49. The maximum absolute atomic E-state index is 12.1. The highest BCUT2D eigenvalue weighted by molar-refractivity contribution is 5.95. The molecule has 0 aliphatic rings. The number of carbonyl (C=O) groups is 2. The van der Waals surface area contributed by atoms with Crippen LogP contribution in [-0.4, -0.2) is 46.9 Å². The smallest absolute Gasteiger partial charge is 0.270 e. The third kappa shape index (κ3) is 6.59. The van der Waals surface area contributed by atoms with Gasteiger partial charge < -0.3 is 27.3 Å². The molecule has 23 heavy (non-hydrogen) atoms. The van der Waals surface area contributed by atoms with Gasteiger partial charge in [0.05, 0.1) is 6.61 Å². The lowest BCUT2D eigenvalue weighted by Crippen LogP contribution is -2.44. The highest BCUT2D eigenvalue weighted by Crippen LogP contribution is 2.07. The molecule has 0 bridgehead atoms. The Morgan fingerprint density at radius 2 is 2.09 bits per heavy atom. The van der Waals surface area contributed by atoms with Crippen LogP contribution < -0.4 is 27.3 Å². The number of nitrogens with one attached hydrogen (secondary N) is 1. The van der Waals surface area contributed by atoms with Crippen LogP contribution in [0.1, 0.15) is 30.3 Å². The molecule has 1 aromatic rings. The minimum atomic E-state index is -0.845. The number of carbonyl (C=O) groups excluding carboxylic acids is 2. The summed E-state index contributed by atoms with van der Waals surface area (Å²) in [6.45, 7) is 2.54. The highest BCUT2D eigenvalue weighted by atomic mass is 16.5. The molecule has 10 nitrogen and oxygen atoms in total. The van der Waals surface area contributed by atoms with E-state index in [-0.39, 0.29) is 17.5 Å². The van der Waals surface area contributed by atoms with Crippen molar-refractivity contribution in [2.45, 2.75) is 25.8 Å². The van der Waals surface area contributed by atoms with Crippen LogP contribution in [0.15, 0.2) is 17.4 Å². The fourth-order valence-corrected chi connectivity index (χ4v) is 1.71. The van der Waals surface area contributed by atoms with Gasteiger partial charge in [0, 0.05) is 12.6 Å². The summed E-state index contributed by atoms with van der Waals surface area (Å²) in [4.78, 5) is 35.1. The Bertz CT molecular complexity index is 572. The Morgan fingerprint density at radius 1 is 1.35 bits per heavy atom. The summed E-state index contributed by atoms with van der Waals surface area (Å²) < 4.78 is 5.19. The minimum Gasteiger partial charge on any atom is -0.478 e. The molecule has 1 unspecified atom stereocenters. The van der Waals surface area contributed by atoms with Crippen molar-refractivity contribution in [2.75, 3.05) is 13.2 Å². The number of hydrogen-bond donors (Lipinski definition) is 4. The van der Waals surface area contributed by atoms with E-state index in [1.165, 1.54) is 12.4 Å². The van der Waals surface area contributed by atoms with Gasteiger partial charge in [-0.1, -0.05) is 0 Å². The lowest BCUT2D eigenvalue weighted by atomic mass is 10.1. The molecule has 1 rings (SSSR count). The number of aromatic nitrogens is 2. The van der Waals surface area contributed by atoms with Gasteiger partial charge in [-0.25, -0.2) is 9.97 Å². The number of primary amides is 1. The molecular formula is C13H21N7O3. The standard InChI is InChI=1S/C13H21N7O3/c1-2-23-10-6-9(18-7-19-10)12(22)20-8(11(14)21)4-3-5-17-13(15)16/h6-8H,2-5H2,1H3,(H2,14,21)(H,20,22)(H4,15,16,17).